The van der Waals surface area contributed by atoms with Gasteiger partial charge in [-0.3, -0.25) is 0 Å². The molecule has 0 spiro atoms. The van der Waals surface area contributed by atoms with Crippen molar-refractivity contribution in [3.8, 4) is 0 Å². The molecule has 1 saturated heterocycles. The van der Waals surface area contributed by atoms with Crippen molar-refractivity contribution in [3.05, 3.63) is 34.9 Å². The summed E-state index contributed by atoms with van der Waals surface area (Å²) in [5.74, 6) is 0. The number of hydrogen-bond acceptors (Lipinski definition) is 2. The second kappa shape index (κ2) is 5.19. The summed E-state index contributed by atoms with van der Waals surface area (Å²) >= 11 is 0. The fourth-order valence-corrected chi connectivity index (χ4v) is 2.30. The smallest absolute Gasteiger partial charge is 0.0483 e. The van der Waals surface area contributed by atoms with Crippen LogP contribution in [0.15, 0.2) is 18.2 Å². The molecule has 0 radical (unpaired) electrons. The van der Waals surface area contributed by atoms with E-state index in [2.05, 4.69) is 44.3 Å². The highest BCUT2D eigenvalue weighted by Crippen LogP contribution is 2.21. The van der Waals surface area contributed by atoms with Crippen molar-refractivity contribution in [2.24, 2.45) is 0 Å². The van der Waals surface area contributed by atoms with Crippen molar-refractivity contribution >= 4 is 0 Å². The standard InChI is InChI=1S/C15H23NO/c1-12-4-5-13(2)14(10-12)11-16-15(3)6-8-17-9-7-15/h4-5,10,16H,6-9,11H2,1-3H3. The lowest BCUT2D eigenvalue weighted by molar-refractivity contribution is 0.0446. The fraction of sp³-hybridized carbons (Fsp3) is 0.600. The Morgan fingerprint density at radius 1 is 1.24 bits per heavy atom. The van der Waals surface area contributed by atoms with E-state index in [0.717, 1.165) is 32.6 Å². The fourth-order valence-electron chi connectivity index (χ4n) is 2.30. The molecule has 0 unspecified atom stereocenters. The summed E-state index contributed by atoms with van der Waals surface area (Å²) in [7, 11) is 0. The molecule has 0 aromatic heterocycles. The van der Waals surface area contributed by atoms with Gasteiger partial charge in [0.15, 0.2) is 0 Å². The zero-order valence-electron chi connectivity index (χ0n) is 11.2. The van der Waals surface area contributed by atoms with Gasteiger partial charge in [0.1, 0.15) is 0 Å². The van der Waals surface area contributed by atoms with E-state index < -0.39 is 0 Å². The van der Waals surface area contributed by atoms with Gasteiger partial charge in [-0.05, 0) is 44.7 Å². The quantitative estimate of drug-likeness (QED) is 0.866. The van der Waals surface area contributed by atoms with Crippen molar-refractivity contribution in [2.75, 3.05) is 13.2 Å². The highest BCUT2D eigenvalue weighted by atomic mass is 16.5. The van der Waals surface area contributed by atoms with Crippen LogP contribution in [0.1, 0.15) is 36.5 Å². The summed E-state index contributed by atoms with van der Waals surface area (Å²) in [5.41, 5.74) is 4.37. The molecule has 1 aliphatic heterocycles. The van der Waals surface area contributed by atoms with E-state index in [4.69, 9.17) is 4.74 Å². The molecular weight excluding hydrogens is 210 g/mol. The number of aryl methyl sites for hydroxylation is 2. The van der Waals surface area contributed by atoms with Crippen LogP contribution in [-0.4, -0.2) is 18.8 Å². The molecule has 1 fully saturated rings. The maximum Gasteiger partial charge on any atom is 0.0483 e. The second-order valence-electron chi connectivity index (χ2n) is 5.46. The largest absolute Gasteiger partial charge is 0.381 e. The first-order valence-corrected chi connectivity index (χ1v) is 6.48. The van der Waals surface area contributed by atoms with E-state index in [-0.39, 0.29) is 5.54 Å². The summed E-state index contributed by atoms with van der Waals surface area (Å²) in [6, 6.07) is 6.67. The lowest BCUT2D eigenvalue weighted by Crippen LogP contribution is -2.46. The molecule has 1 aromatic carbocycles. The van der Waals surface area contributed by atoms with E-state index in [0.29, 0.717) is 0 Å². The Balaban J connectivity index is 1.99. The predicted octanol–water partition coefficient (Wildman–Crippen LogP) is 2.96. The van der Waals surface area contributed by atoms with E-state index in [1.165, 1.54) is 16.7 Å². The summed E-state index contributed by atoms with van der Waals surface area (Å²) in [6.45, 7) is 9.37. The van der Waals surface area contributed by atoms with Crippen molar-refractivity contribution in [3.63, 3.8) is 0 Å². The lowest BCUT2D eigenvalue weighted by Gasteiger charge is -2.35. The zero-order chi connectivity index (χ0) is 12.3. The molecule has 1 heterocycles. The lowest BCUT2D eigenvalue weighted by atomic mass is 9.92. The van der Waals surface area contributed by atoms with Crippen molar-refractivity contribution < 1.29 is 4.74 Å². The van der Waals surface area contributed by atoms with Crippen LogP contribution >= 0.6 is 0 Å². The van der Waals surface area contributed by atoms with E-state index in [1.807, 2.05) is 0 Å². The van der Waals surface area contributed by atoms with Crippen molar-refractivity contribution in [1.82, 2.24) is 5.32 Å². The molecule has 0 atom stereocenters. The first kappa shape index (κ1) is 12.6. The monoisotopic (exact) mass is 233 g/mol. The third-order valence-electron chi connectivity index (χ3n) is 3.81. The van der Waals surface area contributed by atoms with Gasteiger partial charge in [-0.2, -0.15) is 0 Å². The normalized spacial score (nSPS) is 19.2. The minimum atomic E-state index is 0.244. The Bertz CT molecular complexity index is 381. The van der Waals surface area contributed by atoms with Gasteiger partial charge >= 0.3 is 0 Å². The van der Waals surface area contributed by atoms with Crippen LogP contribution < -0.4 is 5.32 Å². The van der Waals surface area contributed by atoms with Crippen molar-refractivity contribution in [2.45, 2.75) is 45.7 Å². The Labute approximate surface area is 104 Å². The maximum atomic E-state index is 5.42. The highest BCUT2D eigenvalue weighted by molar-refractivity contribution is 5.30. The molecule has 94 valence electrons. The maximum absolute atomic E-state index is 5.42. The highest BCUT2D eigenvalue weighted by Gasteiger charge is 2.26. The molecule has 1 aromatic rings. The number of hydrogen-bond donors (Lipinski definition) is 1. The minimum absolute atomic E-state index is 0.244. The van der Waals surface area contributed by atoms with Gasteiger partial charge in [-0.25, -0.2) is 0 Å². The number of ether oxygens (including phenoxy) is 1. The first-order valence-electron chi connectivity index (χ1n) is 6.48. The average Bonchev–Trinajstić information content (AvgIpc) is 2.31. The zero-order valence-corrected chi connectivity index (χ0v) is 11.2. The van der Waals surface area contributed by atoms with Gasteiger partial charge in [0.05, 0.1) is 0 Å². The molecular formula is C15H23NO. The third-order valence-corrected chi connectivity index (χ3v) is 3.81. The SMILES string of the molecule is Cc1ccc(C)c(CNC2(C)CCOCC2)c1. The second-order valence-corrected chi connectivity index (χ2v) is 5.46. The van der Waals surface area contributed by atoms with Crippen LogP contribution in [0, 0.1) is 13.8 Å². The van der Waals surface area contributed by atoms with E-state index >= 15 is 0 Å². The molecule has 2 heteroatoms. The van der Waals surface area contributed by atoms with Crippen LogP contribution in [-0.2, 0) is 11.3 Å². The summed E-state index contributed by atoms with van der Waals surface area (Å²) in [5, 5.41) is 3.70. The van der Waals surface area contributed by atoms with Crippen LogP contribution in [0.4, 0.5) is 0 Å². The molecule has 1 N–H and O–H groups in total. The molecule has 2 rings (SSSR count). The molecule has 0 aliphatic carbocycles. The number of benzene rings is 1. The van der Waals surface area contributed by atoms with Crippen LogP contribution in [0.3, 0.4) is 0 Å². The van der Waals surface area contributed by atoms with Gasteiger partial charge in [0.2, 0.25) is 0 Å². The first-order chi connectivity index (χ1) is 8.09. The Morgan fingerprint density at radius 3 is 2.65 bits per heavy atom. The molecule has 2 nitrogen and oxygen atoms in total. The van der Waals surface area contributed by atoms with Crippen LogP contribution in [0.2, 0.25) is 0 Å². The Kier molecular flexibility index (Phi) is 3.85. The summed E-state index contributed by atoms with van der Waals surface area (Å²) in [4.78, 5) is 0. The third kappa shape index (κ3) is 3.30. The molecule has 0 bridgehead atoms. The molecule has 1 aliphatic rings. The van der Waals surface area contributed by atoms with Crippen molar-refractivity contribution in [1.29, 1.82) is 0 Å². The molecule has 0 saturated carbocycles. The Hall–Kier alpha value is -0.860. The number of nitrogens with one attached hydrogen (secondary N) is 1. The van der Waals surface area contributed by atoms with Gasteiger partial charge in [-0.15, -0.1) is 0 Å². The topological polar surface area (TPSA) is 21.3 Å². The summed E-state index contributed by atoms with van der Waals surface area (Å²) < 4.78 is 5.42. The van der Waals surface area contributed by atoms with Crippen LogP contribution in [0.25, 0.3) is 0 Å². The Morgan fingerprint density at radius 2 is 1.94 bits per heavy atom. The molecule has 0 amide bonds. The summed E-state index contributed by atoms with van der Waals surface area (Å²) in [6.07, 6.45) is 2.22. The van der Waals surface area contributed by atoms with Gasteiger partial charge in [0.25, 0.3) is 0 Å². The van der Waals surface area contributed by atoms with E-state index in [9.17, 15) is 0 Å². The molecule has 17 heavy (non-hydrogen) atoms. The number of rotatable bonds is 3. The average molecular weight is 233 g/mol. The van der Waals surface area contributed by atoms with Gasteiger partial charge in [0, 0.05) is 25.3 Å². The van der Waals surface area contributed by atoms with E-state index in [1.54, 1.807) is 0 Å². The minimum Gasteiger partial charge on any atom is -0.381 e. The van der Waals surface area contributed by atoms with Gasteiger partial charge in [-0.1, -0.05) is 23.8 Å². The van der Waals surface area contributed by atoms with Crippen LogP contribution in [0.5, 0.6) is 0 Å². The van der Waals surface area contributed by atoms with Gasteiger partial charge < -0.3 is 10.1 Å². The predicted molar refractivity (Wildman–Crippen MR) is 71.2 cm³/mol.